The van der Waals surface area contributed by atoms with E-state index in [1.54, 1.807) is 6.92 Å². The summed E-state index contributed by atoms with van der Waals surface area (Å²) in [5, 5.41) is 8.90. The number of nitrogens with zero attached hydrogens (tertiary/aromatic N) is 2. The van der Waals surface area contributed by atoms with Crippen molar-refractivity contribution in [1.82, 2.24) is 15.2 Å². The van der Waals surface area contributed by atoms with Crippen LogP contribution < -0.4 is 4.90 Å². The SMILES string of the molecule is CCOC(=O)CCCN1C(=O)C(C)(C)c2cc3[nH]c4c(c3cc21)CCCc1c-4n[nH]c1C. The molecule has 168 valence electrons. The minimum Gasteiger partial charge on any atom is -0.466 e. The topological polar surface area (TPSA) is 91.1 Å². The lowest BCUT2D eigenvalue weighted by molar-refractivity contribution is -0.143. The minimum atomic E-state index is -0.607. The third-order valence-corrected chi connectivity index (χ3v) is 7.00. The van der Waals surface area contributed by atoms with Gasteiger partial charge in [-0.2, -0.15) is 5.10 Å². The number of anilines is 1. The Morgan fingerprint density at radius 1 is 1.25 bits per heavy atom. The summed E-state index contributed by atoms with van der Waals surface area (Å²) in [5.74, 6) is -0.129. The van der Waals surface area contributed by atoms with Gasteiger partial charge in [-0.3, -0.25) is 14.7 Å². The largest absolute Gasteiger partial charge is 0.466 e. The Balaban J connectivity index is 1.56. The average molecular weight is 435 g/mol. The van der Waals surface area contributed by atoms with Crippen LogP contribution in [-0.2, 0) is 32.6 Å². The maximum Gasteiger partial charge on any atom is 0.305 e. The Morgan fingerprint density at radius 2 is 2.03 bits per heavy atom. The number of esters is 1. The number of H-pyrrole nitrogens is 2. The number of rotatable bonds is 5. The van der Waals surface area contributed by atoms with Crippen LogP contribution in [0.2, 0.25) is 0 Å². The number of hydrogen-bond donors (Lipinski definition) is 2. The van der Waals surface area contributed by atoms with Crippen molar-refractivity contribution in [1.29, 1.82) is 0 Å². The van der Waals surface area contributed by atoms with Gasteiger partial charge in [0.1, 0.15) is 5.69 Å². The molecule has 1 amide bonds. The molecule has 0 saturated heterocycles. The molecular weight excluding hydrogens is 404 g/mol. The summed E-state index contributed by atoms with van der Waals surface area (Å²) < 4.78 is 5.04. The van der Waals surface area contributed by atoms with Gasteiger partial charge >= 0.3 is 5.97 Å². The number of aromatic amines is 2. The van der Waals surface area contributed by atoms with Gasteiger partial charge in [-0.25, -0.2) is 0 Å². The van der Waals surface area contributed by atoms with Gasteiger partial charge in [0.25, 0.3) is 0 Å². The molecular formula is C25H30N4O3. The van der Waals surface area contributed by atoms with E-state index in [-0.39, 0.29) is 11.9 Å². The number of nitrogens with one attached hydrogen (secondary N) is 2. The first-order valence-corrected chi connectivity index (χ1v) is 11.5. The van der Waals surface area contributed by atoms with E-state index < -0.39 is 5.41 Å². The van der Waals surface area contributed by atoms with E-state index in [0.717, 1.165) is 58.5 Å². The molecule has 0 bridgehead atoms. The summed E-state index contributed by atoms with van der Waals surface area (Å²) in [6.07, 6.45) is 3.95. The van der Waals surface area contributed by atoms with Crippen molar-refractivity contribution in [2.24, 2.45) is 0 Å². The highest BCUT2D eigenvalue weighted by molar-refractivity contribution is 6.10. The van der Waals surface area contributed by atoms with E-state index in [9.17, 15) is 9.59 Å². The number of benzene rings is 1. The van der Waals surface area contributed by atoms with Gasteiger partial charge in [0.15, 0.2) is 0 Å². The maximum absolute atomic E-state index is 13.3. The predicted octanol–water partition coefficient (Wildman–Crippen LogP) is 4.32. The molecule has 1 aliphatic carbocycles. The fourth-order valence-corrected chi connectivity index (χ4v) is 5.28. The molecule has 32 heavy (non-hydrogen) atoms. The molecule has 0 atom stereocenters. The van der Waals surface area contributed by atoms with E-state index in [4.69, 9.17) is 4.74 Å². The fraction of sp³-hybridized carbons (Fsp3) is 0.480. The summed E-state index contributed by atoms with van der Waals surface area (Å²) in [7, 11) is 0. The Hall–Kier alpha value is -3.09. The number of hydrogen-bond acceptors (Lipinski definition) is 4. The highest BCUT2D eigenvalue weighted by Gasteiger charge is 2.44. The van der Waals surface area contributed by atoms with Crippen molar-refractivity contribution in [2.45, 2.75) is 65.2 Å². The van der Waals surface area contributed by atoms with Crippen molar-refractivity contribution in [3.05, 3.63) is 34.5 Å². The summed E-state index contributed by atoms with van der Waals surface area (Å²) in [6.45, 7) is 8.73. The number of aromatic nitrogens is 3. The van der Waals surface area contributed by atoms with Crippen molar-refractivity contribution in [3.63, 3.8) is 0 Å². The Bertz CT molecular complexity index is 1230. The van der Waals surface area contributed by atoms with Gasteiger partial charge < -0.3 is 14.6 Å². The smallest absolute Gasteiger partial charge is 0.305 e. The molecule has 2 N–H and O–H groups in total. The molecule has 0 spiro atoms. The molecule has 0 radical (unpaired) electrons. The zero-order chi connectivity index (χ0) is 22.6. The first-order chi connectivity index (χ1) is 15.3. The summed E-state index contributed by atoms with van der Waals surface area (Å²) >= 11 is 0. The van der Waals surface area contributed by atoms with Gasteiger partial charge in [0.05, 0.1) is 17.7 Å². The van der Waals surface area contributed by atoms with Gasteiger partial charge in [0, 0.05) is 40.8 Å². The van der Waals surface area contributed by atoms with Crippen LogP contribution >= 0.6 is 0 Å². The van der Waals surface area contributed by atoms with Crippen LogP contribution in [-0.4, -0.2) is 40.2 Å². The minimum absolute atomic E-state index is 0.0836. The third kappa shape index (κ3) is 3.05. The van der Waals surface area contributed by atoms with Crippen LogP contribution in [0.3, 0.4) is 0 Å². The average Bonchev–Trinajstić information content (AvgIpc) is 3.29. The highest BCUT2D eigenvalue weighted by Crippen LogP contribution is 2.46. The van der Waals surface area contributed by atoms with Crippen LogP contribution in [0.5, 0.6) is 0 Å². The number of aryl methyl sites for hydroxylation is 2. The van der Waals surface area contributed by atoms with Gasteiger partial charge in [-0.1, -0.05) is 0 Å². The highest BCUT2D eigenvalue weighted by atomic mass is 16.5. The zero-order valence-corrected chi connectivity index (χ0v) is 19.2. The van der Waals surface area contributed by atoms with Gasteiger partial charge in [0.2, 0.25) is 5.91 Å². The second-order valence-corrected chi connectivity index (χ2v) is 9.41. The molecule has 1 aromatic carbocycles. The monoisotopic (exact) mass is 434 g/mol. The normalized spacial score (nSPS) is 16.6. The van der Waals surface area contributed by atoms with E-state index in [0.29, 0.717) is 26.0 Å². The number of ether oxygens (including phenoxy) is 1. The van der Waals surface area contributed by atoms with E-state index in [1.165, 1.54) is 11.1 Å². The van der Waals surface area contributed by atoms with Gasteiger partial charge in [-0.15, -0.1) is 0 Å². The molecule has 3 aromatic rings. The zero-order valence-electron chi connectivity index (χ0n) is 19.2. The standard InChI is InChI=1S/C25H30N4O3/c1-5-32-21(30)10-7-11-29-20-12-17-16-9-6-8-15-14(2)27-28-23(15)22(16)26-19(17)13-18(20)25(3,4)24(29)31/h12-13,26H,5-11H2,1-4H3,(H,27,28). The molecule has 0 fully saturated rings. The summed E-state index contributed by atoms with van der Waals surface area (Å²) in [6, 6.07) is 4.31. The van der Waals surface area contributed by atoms with Crippen molar-refractivity contribution >= 4 is 28.5 Å². The fourth-order valence-electron chi connectivity index (χ4n) is 5.28. The second-order valence-electron chi connectivity index (χ2n) is 9.41. The number of amides is 1. The first kappa shape index (κ1) is 20.8. The molecule has 0 saturated carbocycles. The molecule has 1 aliphatic heterocycles. The van der Waals surface area contributed by atoms with Crippen LogP contribution in [0.25, 0.3) is 22.3 Å². The second kappa shape index (κ2) is 7.50. The lowest BCUT2D eigenvalue weighted by Crippen LogP contribution is -2.36. The maximum atomic E-state index is 13.3. The molecule has 7 heteroatoms. The molecule has 0 unspecified atom stereocenters. The van der Waals surface area contributed by atoms with Gasteiger partial charge in [-0.05, 0) is 76.6 Å². The molecule has 2 aromatic heterocycles. The molecule has 7 nitrogen and oxygen atoms in total. The Labute approximate surface area is 187 Å². The van der Waals surface area contributed by atoms with Crippen LogP contribution in [0.4, 0.5) is 5.69 Å². The molecule has 5 rings (SSSR count). The van der Waals surface area contributed by atoms with Crippen LogP contribution in [0.15, 0.2) is 12.1 Å². The van der Waals surface area contributed by atoms with Crippen molar-refractivity contribution < 1.29 is 14.3 Å². The first-order valence-electron chi connectivity index (χ1n) is 11.5. The van der Waals surface area contributed by atoms with Crippen LogP contribution in [0, 0.1) is 6.92 Å². The lowest BCUT2D eigenvalue weighted by atomic mass is 9.85. The Morgan fingerprint density at radius 3 is 2.81 bits per heavy atom. The predicted molar refractivity (Wildman–Crippen MR) is 124 cm³/mol. The van der Waals surface area contributed by atoms with Crippen molar-refractivity contribution in [2.75, 3.05) is 18.1 Å². The quantitative estimate of drug-likeness (QED) is 0.585. The van der Waals surface area contributed by atoms with E-state index in [1.807, 2.05) is 18.7 Å². The number of carbonyl (C=O) groups excluding carboxylic acids is 2. The molecule has 2 aliphatic rings. The van der Waals surface area contributed by atoms with E-state index >= 15 is 0 Å². The Kier molecular flexibility index (Phi) is 4.87. The molecule has 3 heterocycles. The number of carbonyl (C=O) groups is 2. The van der Waals surface area contributed by atoms with E-state index in [2.05, 4.69) is 34.2 Å². The summed E-state index contributed by atoms with van der Waals surface area (Å²) in [5.41, 5.74) is 8.25. The van der Waals surface area contributed by atoms with Crippen molar-refractivity contribution in [3.8, 4) is 11.4 Å². The van der Waals surface area contributed by atoms with Crippen LogP contribution in [0.1, 0.15) is 62.4 Å². The number of fused-ring (bicyclic) bond motifs is 6. The third-order valence-electron chi connectivity index (χ3n) is 7.00. The lowest BCUT2D eigenvalue weighted by Gasteiger charge is -2.20. The summed E-state index contributed by atoms with van der Waals surface area (Å²) in [4.78, 5) is 30.5.